The molecule has 2 aliphatic heterocycles. The Morgan fingerprint density at radius 3 is 2.27 bits per heavy atom. The molecule has 9 heteroatoms. The number of ether oxygens (including phenoxy) is 1. The summed E-state index contributed by atoms with van der Waals surface area (Å²) < 4.78 is 56.6. The summed E-state index contributed by atoms with van der Waals surface area (Å²) in [6.45, 7) is 7.13. The van der Waals surface area contributed by atoms with Gasteiger partial charge in [-0.05, 0) is 56.5 Å². The molecule has 2 fully saturated rings. The minimum absolute atomic E-state index is 0.162. The van der Waals surface area contributed by atoms with Crippen LogP contribution in [0.2, 0.25) is 0 Å². The molecule has 1 aromatic carbocycles. The Kier molecular flexibility index (Phi) is 6.94. The smallest absolute Gasteiger partial charge is 0.309 e. The summed E-state index contributed by atoms with van der Waals surface area (Å²) in [6, 6.07) is 6.16. The van der Waals surface area contributed by atoms with Crippen molar-refractivity contribution in [3.63, 3.8) is 0 Å². The molecular weight excluding hydrogens is 426 g/mol. The van der Waals surface area contributed by atoms with Gasteiger partial charge < -0.3 is 4.74 Å². The van der Waals surface area contributed by atoms with Crippen LogP contribution in [-0.4, -0.2) is 70.2 Å². The second-order valence-electron chi connectivity index (χ2n) is 8.51. The van der Waals surface area contributed by atoms with E-state index in [0.717, 1.165) is 5.56 Å². The first-order valence-electron chi connectivity index (χ1n) is 10.5. The Morgan fingerprint density at radius 1 is 1.13 bits per heavy atom. The molecule has 2 saturated heterocycles. The number of likely N-dealkylation sites (tertiary alicyclic amines) is 1. The largest absolute Gasteiger partial charge is 0.466 e. The number of esters is 1. The Balaban J connectivity index is 1.80. The van der Waals surface area contributed by atoms with Gasteiger partial charge in [-0.3, -0.25) is 9.69 Å². The third-order valence-corrected chi connectivity index (χ3v) is 10.3. The van der Waals surface area contributed by atoms with Crippen molar-refractivity contribution in [1.82, 2.24) is 4.90 Å². The minimum atomic E-state index is -3.80. The van der Waals surface area contributed by atoms with E-state index in [9.17, 15) is 21.6 Å². The van der Waals surface area contributed by atoms with Gasteiger partial charge in [0.25, 0.3) is 0 Å². The molecule has 3 rings (SSSR count). The number of carbonyl (C=O) groups excluding carboxylic acids is 1. The quantitative estimate of drug-likeness (QED) is 0.603. The molecule has 2 atom stereocenters. The molecule has 0 radical (unpaired) electrons. The maximum absolute atomic E-state index is 13.3. The van der Waals surface area contributed by atoms with Gasteiger partial charge in [0.15, 0.2) is 19.7 Å². The van der Waals surface area contributed by atoms with Crippen LogP contribution in [0.4, 0.5) is 0 Å². The van der Waals surface area contributed by atoms with Crippen LogP contribution >= 0.6 is 0 Å². The van der Waals surface area contributed by atoms with Crippen molar-refractivity contribution >= 4 is 25.6 Å². The van der Waals surface area contributed by atoms with Gasteiger partial charge in [-0.2, -0.15) is 0 Å². The lowest BCUT2D eigenvalue weighted by Gasteiger charge is -2.36. The molecule has 0 aliphatic carbocycles. The Labute approximate surface area is 179 Å². The fraction of sp³-hybridized carbons (Fsp3) is 0.667. The number of sulfone groups is 2. The molecule has 0 unspecified atom stereocenters. The first-order valence-corrected chi connectivity index (χ1v) is 13.9. The number of hydrogen-bond donors (Lipinski definition) is 0. The predicted molar refractivity (Wildman–Crippen MR) is 115 cm³/mol. The topological polar surface area (TPSA) is 97.8 Å². The number of rotatable bonds is 6. The number of carbonyl (C=O) groups is 1. The monoisotopic (exact) mass is 457 g/mol. The zero-order valence-electron chi connectivity index (χ0n) is 17.8. The van der Waals surface area contributed by atoms with Crippen LogP contribution in [0.1, 0.15) is 45.1 Å². The van der Waals surface area contributed by atoms with Crippen LogP contribution in [0.15, 0.2) is 29.2 Å². The van der Waals surface area contributed by atoms with Gasteiger partial charge in [-0.1, -0.05) is 26.0 Å². The van der Waals surface area contributed by atoms with E-state index in [1.54, 1.807) is 31.2 Å². The second kappa shape index (κ2) is 8.96. The molecule has 2 aliphatic rings. The molecule has 30 heavy (non-hydrogen) atoms. The average Bonchev–Trinajstić information content (AvgIpc) is 3.04. The SMILES string of the molecule is CCOC(=O)C1CCN([C@H]2CS(=O)(=O)C[C@@H]2S(=O)(=O)c2ccc(C(C)C)cc2)CC1. The van der Waals surface area contributed by atoms with E-state index < -0.39 is 31.0 Å². The van der Waals surface area contributed by atoms with Gasteiger partial charge in [0.1, 0.15) is 0 Å². The van der Waals surface area contributed by atoms with Crippen molar-refractivity contribution in [3.05, 3.63) is 29.8 Å². The maximum Gasteiger partial charge on any atom is 0.309 e. The van der Waals surface area contributed by atoms with Gasteiger partial charge in [0.05, 0.1) is 34.2 Å². The van der Waals surface area contributed by atoms with E-state index in [-0.39, 0.29) is 34.2 Å². The lowest BCUT2D eigenvalue weighted by Crippen LogP contribution is -2.50. The first kappa shape index (κ1) is 23.2. The molecule has 7 nitrogen and oxygen atoms in total. The molecule has 0 aromatic heterocycles. The van der Waals surface area contributed by atoms with Crippen LogP contribution in [0.3, 0.4) is 0 Å². The van der Waals surface area contributed by atoms with Crippen molar-refractivity contribution in [2.75, 3.05) is 31.2 Å². The zero-order chi connectivity index (χ0) is 22.1. The van der Waals surface area contributed by atoms with Crippen molar-refractivity contribution in [1.29, 1.82) is 0 Å². The lowest BCUT2D eigenvalue weighted by molar-refractivity contribution is -0.149. The van der Waals surface area contributed by atoms with Gasteiger partial charge in [0, 0.05) is 6.04 Å². The fourth-order valence-electron chi connectivity index (χ4n) is 4.38. The Bertz CT molecular complexity index is 961. The van der Waals surface area contributed by atoms with Crippen molar-refractivity contribution in [2.24, 2.45) is 5.92 Å². The van der Waals surface area contributed by atoms with E-state index in [0.29, 0.717) is 32.5 Å². The van der Waals surface area contributed by atoms with Crippen LogP contribution in [-0.2, 0) is 29.2 Å². The van der Waals surface area contributed by atoms with Crippen LogP contribution in [0.5, 0.6) is 0 Å². The molecule has 1 aromatic rings. The third-order valence-electron chi connectivity index (χ3n) is 6.16. The highest BCUT2D eigenvalue weighted by Gasteiger charge is 2.49. The molecule has 0 saturated carbocycles. The molecule has 0 N–H and O–H groups in total. The summed E-state index contributed by atoms with van der Waals surface area (Å²) in [5.74, 6) is -0.681. The van der Waals surface area contributed by atoms with Crippen LogP contribution < -0.4 is 0 Å². The van der Waals surface area contributed by atoms with Gasteiger partial charge in [-0.15, -0.1) is 0 Å². The number of hydrogen-bond acceptors (Lipinski definition) is 7. The average molecular weight is 458 g/mol. The fourth-order valence-corrected chi connectivity index (χ4v) is 9.21. The Hall–Kier alpha value is -1.45. The van der Waals surface area contributed by atoms with E-state index in [4.69, 9.17) is 4.74 Å². The van der Waals surface area contributed by atoms with Crippen LogP contribution in [0.25, 0.3) is 0 Å². The molecule has 2 heterocycles. The van der Waals surface area contributed by atoms with E-state index in [2.05, 4.69) is 0 Å². The number of piperidine rings is 1. The van der Waals surface area contributed by atoms with E-state index >= 15 is 0 Å². The predicted octanol–water partition coefficient (Wildman–Crippen LogP) is 2.02. The standard InChI is InChI=1S/C21H31NO6S2/c1-4-28-21(23)17-9-11-22(12-10-17)19-13-29(24,25)14-20(19)30(26,27)18-7-5-16(6-8-18)15(2)3/h5-8,15,17,19-20H,4,9-14H2,1-3H3/t19-,20-/m0/s1. The maximum atomic E-state index is 13.3. The second-order valence-corrected chi connectivity index (χ2v) is 12.8. The minimum Gasteiger partial charge on any atom is -0.466 e. The van der Waals surface area contributed by atoms with Gasteiger partial charge >= 0.3 is 5.97 Å². The highest BCUT2D eigenvalue weighted by molar-refractivity contribution is 7.96. The number of benzene rings is 1. The summed E-state index contributed by atoms with van der Waals surface area (Å²) >= 11 is 0. The zero-order valence-corrected chi connectivity index (χ0v) is 19.4. The summed E-state index contributed by atoms with van der Waals surface area (Å²) in [5, 5.41) is -0.994. The highest BCUT2D eigenvalue weighted by atomic mass is 32.2. The first-order chi connectivity index (χ1) is 14.0. The lowest BCUT2D eigenvalue weighted by atomic mass is 9.95. The highest BCUT2D eigenvalue weighted by Crippen LogP contribution is 2.32. The molecule has 0 amide bonds. The molecule has 168 valence electrons. The van der Waals surface area contributed by atoms with Crippen molar-refractivity contribution in [3.8, 4) is 0 Å². The number of nitrogens with zero attached hydrogens (tertiary/aromatic N) is 1. The summed E-state index contributed by atoms with van der Waals surface area (Å²) in [4.78, 5) is 14.1. The molecular formula is C21H31NO6S2. The Morgan fingerprint density at radius 2 is 1.73 bits per heavy atom. The van der Waals surface area contributed by atoms with E-state index in [1.807, 2.05) is 18.7 Å². The normalized spacial score (nSPS) is 25.5. The molecule has 0 bridgehead atoms. The van der Waals surface area contributed by atoms with E-state index in [1.165, 1.54) is 0 Å². The third kappa shape index (κ3) is 4.89. The molecule has 0 spiro atoms. The van der Waals surface area contributed by atoms with Gasteiger partial charge in [0.2, 0.25) is 0 Å². The van der Waals surface area contributed by atoms with Crippen LogP contribution in [0, 0.1) is 5.92 Å². The van der Waals surface area contributed by atoms with Crippen molar-refractivity contribution in [2.45, 2.75) is 55.7 Å². The summed E-state index contributed by atoms with van der Waals surface area (Å²) in [5.41, 5.74) is 1.03. The summed E-state index contributed by atoms with van der Waals surface area (Å²) in [6.07, 6.45) is 1.09. The summed E-state index contributed by atoms with van der Waals surface area (Å²) in [7, 11) is -7.26. The van der Waals surface area contributed by atoms with Crippen molar-refractivity contribution < 1.29 is 26.4 Å². The van der Waals surface area contributed by atoms with Gasteiger partial charge in [-0.25, -0.2) is 16.8 Å².